The Balaban J connectivity index is 1.45. The zero-order valence-electron chi connectivity index (χ0n) is 16.5. The number of anilines is 1. The molecule has 0 unspecified atom stereocenters. The molecule has 0 radical (unpaired) electrons. The molecule has 2 aromatic rings. The minimum absolute atomic E-state index is 0.709. The molecule has 0 fully saturated rings. The standard InChI is InChI=1S/C21H23ClN4O2S/c1-14(23-11-10-15-4-9-18(27-2)19(12-15)28-3)13-24-20-26-21(29-20)25-17-7-5-16(22)6-8-17/h4-9,12-13,23H,10-11H2,1-3H3,(H,24,25,26). The smallest absolute Gasteiger partial charge is 0.197 e. The van der Waals surface area contributed by atoms with Gasteiger partial charge in [0.25, 0.3) is 0 Å². The Morgan fingerprint density at radius 1 is 1.14 bits per heavy atom. The first-order chi connectivity index (χ1) is 14.1. The van der Waals surface area contributed by atoms with Crippen LogP contribution in [0.4, 0.5) is 5.69 Å². The number of nitrogens with one attached hydrogen (secondary N) is 2. The molecule has 2 N–H and O–H groups in total. The number of methoxy groups -OCH3 is 2. The minimum Gasteiger partial charge on any atom is -0.493 e. The number of hydrogen-bond donors (Lipinski definition) is 2. The van der Waals surface area contributed by atoms with Gasteiger partial charge in [-0.3, -0.25) is 0 Å². The highest BCUT2D eigenvalue weighted by molar-refractivity contribution is 8.29. The van der Waals surface area contributed by atoms with Crippen molar-refractivity contribution in [2.45, 2.75) is 13.3 Å². The molecule has 1 aliphatic heterocycles. The number of nitrogens with zero attached hydrogens (tertiary/aromatic N) is 2. The molecule has 152 valence electrons. The second-order valence-corrected chi connectivity index (χ2v) is 7.63. The summed E-state index contributed by atoms with van der Waals surface area (Å²) in [5.41, 5.74) is 3.10. The van der Waals surface area contributed by atoms with Gasteiger partial charge >= 0.3 is 0 Å². The van der Waals surface area contributed by atoms with Crippen molar-refractivity contribution in [3.8, 4) is 11.5 Å². The van der Waals surface area contributed by atoms with Crippen molar-refractivity contribution >= 4 is 39.4 Å². The molecule has 8 heteroatoms. The highest BCUT2D eigenvalue weighted by Gasteiger charge is 2.16. The van der Waals surface area contributed by atoms with Gasteiger partial charge < -0.3 is 20.1 Å². The lowest BCUT2D eigenvalue weighted by molar-refractivity contribution is 0.354. The first kappa shape index (κ1) is 21.1. The lowest BCUT2D eigenvalue weighted by Gasteiger charge is -2.15. The molecule has 0 aliphatic carbocycles. The summed E-state index contributed by atoms with van der Waals surface area (Å²) in [6.45, 7) is 2.78. The van der Waals surface area contributed by atoms with Crippen molar-refractivity contribution in [2.75, 3.05) is 26.1 Å². The monoisotopic (exact) mass is 430 g/mol. The van der Waals surface area contributed by atoms with Crippen molar-refractivity contribution in [3.63, 3.8) is 0 Å². The molecule has 0 atom stereocenters. The molecule has 0 saturated carbocycles. The zero-order chi connectivity index (χ0) is 20.6. The number of ether oxygens (including phenoxy) is 2. The number of benzene rings is 2. The van der Waals surface area contributed by atoms with E-state index in [2.05, 4.69) is 20.6 Å². The van der Waals surface area contributed by atoms with E-state index in [0.717, 1.165) is 46.2 Å². The molecule has 2 aromatic carbocycles. The van der Waals surface area contributed by atoms with Crippen molar-refractivity contribution in [1.82, 2.24) is 5.32 Å². The second-order valence-electron chi connectivity index (χ2n) is 6.24. The Labute approximate surface area is 180 Å². The third-order valence-electron chi connectivity index (χ3n) is 4.11. The first-order valence-corrected chi connectivity index (χ1v) is 10.3. The molecule has 1 aliphatic rings. The van der Waals surface area contributed by atoms with Gasteiger partial charge in [-0.2, -0.15) is 4.99 Å². The predicted molar refractivity (Wildman–Crippen MR) is 123 cm³/mol. The summed E-state index contributed by atoms with van der Waals surface area (Å²) in [5.74, 6) is 1.48. The second kappa shape index (κ2) is 10.2. The molecule has 3 rings (SSSR count). The van der Waals surface area contributed by atoms with E-state index in [9.17, 15) is 0 Å². The van der Waals surface area contributed by atoms with Crippen LogP contribution < -0.4 is 20.1 Å². The Morgan fingerprint density at radius 3 is 2.55 bits per heavy atom. The lowest BCUT2D eigenvalue weighted by atomic mass is 10.1. The van der Waals surface area contributed by atoms with Crippen LogP contribution in [0.25, 0.3) is 0 Å². The van der Waals surface area contributed by atoms with Crippen LogP contribution in [-0.4, -0.2) is 31.1 Å². The summed E-state index contributed by atoms with van der Waals surface area (Å²) in [5, 5.41) is 8.82. The van der Waals surface area contributed by atoms with Crippen molar-refractivity contribution in [1.29, 1.82) is 0 Å². The molecule has 0 amide bonds. The van der Waals surface area contributed by atoms with E-state index in [0.29, 0.717) is 5.02 Å². The fourth-order valence-electron chi connectivity index (χ4n) is 2.58. The van der Waals surface area contributed by atoms with Crippen LogP contribution in [0.15, 0.2) is 64.3 Å². The molecule has 0 spiro atoms. The number of aliphatic imine (C=N–C) groups is 2. The highest BCUT2D eigenvalue weighted by Crippen LogP contribution is 2.27. The Morgan fingerprint density at radius 2 is 1.86 bits per heavy atom. The summed E-state index contributed by atoms with van der Waals surface area (Å²) >= 11 is 7.38. The number of halogens is 1. The van der Waals surface area contributed by atoms with Crippen LogP contribution in [-0.2, 0) is 6.42 Å². The van der Waals surface area contributed by atoms with Gasteiger partial charge in [0.1, 0.15) is 0 Å². The van der Waals surface area contributed by atoms with Gasteiger partial charge in [-0.1, -0.05) is 17.7 Å². The third-order valence-corrected chi connectivity index (χ3v) is 5.13. The van der Waals surface area contributed by atoms with E-state index < -0.39 is 0 Å². The van der Waals surface area contributed by atoms with E-state index in [1.54, 1.807) is 20.4 Å². The maximum absolute atomic E-state index is 5.88. The molecule has 0 aromatic heterocycles. The van der Waals surface area contributed by atoms with Crippen LogP contribution in [0.5, 0.6) is 11.5 Å². The van der Waals surface area contributed by atoms with Crippen LogP contribution >= 0.6 is 23.4 Å². The molecular formula is C21H23ClN4O2S. The molecule has 1 heterocycles. The van der Waals surface area contributed by atoms with Crippen molar-refractivity contribution < 1.29 is 9.47 Å². The number of hydrogen-bond acceptors (Lipinski definition) is 6. The topological polar surface area (TPSA) is 67.2 Å². The number of allylic oxidation sites excluding steroid dienone is 1. The maximum Gasteiger partial charge on any atom is 0.197 e. The summed E-state index contributed by atoms with van der Waals surface area (Å²) < 4.78 is 10.6. The fourth-order valence-corrected chi connectivity index (χ4v) is 3.29. The van der Waals surface area contributed by atoms with E-state index in [1.807, 2.05) is 49.4 Å². The van der Waals surface area contributed by atoms with Gasteiger partial charge in [-0.15, -0.1) is 0 Å². The van der Waals surface area contributed by atoms with Crippen molar-refractivity contribution in [2.24, 2.45) is 9.98 Å². The lowest BCUT2D eigenvalue weighted by Crippen LogP contribution is -2.19. The van der Waals surface area contributed by atoms with E-state index in [4.69, 9.17) is 21.1 Å². The largest absolute Gasteiger partial charge is 0.493 e. The Kier molecular flexibility index (Phi) is 7.43. The molecule has 0 saturated heterocycles. The van der Waals surface area contributed by atoms with E-state index in [1.165, 1.54) is 17.3 Å². The van der Waals surface area contributed by atoms with E-state index in [-0.39, 0.29) is 0 Å². The molecule has 6 nitrogen and oxygen atoms in total. The van der Waals surface area contributed by atoms with Gasteiger partial charge in [0.15, 0.2) is 21.8 Å². The number of rotatable bonds is 8. The summed E-state index contributed by atoms with van der Waals surface area (Å²) in [6, 6.07) is 13.4. The van der Waals surface area contributed by atoms with Gasteiger partial charge in [0.05, 0.1) is 14.2 Å². The minimum atomic E-state index is 0.709. The Hall–Kier alpha value is -2.64. The maximum atomic E-state index is 5.88. The molecule has 0 bridgehead atoms. The third kappa shape index (κ3) is 6.17. The predicted octanol–water partition coefficient (Wildman–Crippen LogP) is 4.92. The number of amidine groups is 2. The normalized spacial score (nSPS) is 14.8. The average molecular weight is 431 g/mol. The van der Waals surface area contributed by atoms with Gasteiger partial charge in [0, 0.05) is 29.2 Å². The quantitative estimate of drug-likeness (QED) is 0.622. The van der Waals surface area contributed by atoms with Gasteiger partial charge in [0.2, 0.25) is 0 Å². The van der Waals surface area contributed by atoms with Crippen LogP contribution in [0.2, 0.25) is 5.02 Å². The summed E-state index contributed by atoms with van der Waals surface area (Å²) in [4.78, 5) is 8.74. The Bertz CT molecular complexity index is 942. The van der Waals surface area contributed by atoms with Crippen LogP contribution in [0, 0.1) is 0 Å². The molecule has 29 heavy (non-hydrogen) atoms. The zero-order valence-corrected chi connectivity index (χ0v) is 18.1. The molecular weight excluding hydrogens is 408 g/mol. The fraction of sp³-hybridized carbons (Fsp3) is 0.238. The first-order valence-electron chi connectivity index (χ1n) is 9.06. The van der Waals surface area contributed by atoms with Gasteiger partial charge in [-0.05, 0) is 67.1 Å². The summed E-state index contributed by atoms with van der Waals surface area (Å²) in [6.07, 6.45) is 2.66. The SMILES string of the molecule is COc1ccc(CCNC(C)=CN=C2N=C(Nc3ccc(Cl)cc3)S2)cc1OC. The van der Waals surface area contributed by atoms with Crippen molar-refractivity contribution in [3.05, 3.63) is 64.9 Å². The van der Waals surface area contributed by atoms with Crippen LogP contribution in [0.1, 0.15) is 12.5 Å². The van der Waals surface area contributed by atoms with Crippen LogP contribution in [0.3, 0.4) is 0 Å². The van der Waals surface area contributed by atoms with E-state index >= 15 is 0 Å². The summed E-state index contributed by atoms with van der Waals surface area (Å²) in [7, 11) is 3.28. The van der Waals surface area contributed by atoms with Gasteiger partial charge in [-0.25, -0.2) is 4.99 Å². The number of thioether (sulfide) groups is 1. The average Bonchev–Trinajstić information content (AvgIpc) is 2.70. The highest BCUT2D eigenvalue weighted by atomic mass is 35.5.